The number of halogens is 1. The Kier molecular flexibility index (Phi) is 4.38. The smallest absolute Gasteiger partial charge is 0.0931 e. The molecule has 1 aromatic heterocycles. The van der Waals surface area contributed by atoms with Crippen LogP contribution in [0.25, 0.3) is 0 Å². The average Bonchev–Trinajstić information content (AvgIpc) is 2.46. The molecule has 0 radical (unpaired) electrons. The minimum Gasteiger partial charge on any atom is -0.328 e. The second-order valence-corrected chi connectivity index (χ2v) is 5.58. The van der Waals surface area contributed by atoms with Gasteiger partial charge in [0.1, 0.15) is 0 Å². The van der Waals surface area contributed by atoms with E-state index in [2.05, 4.69) is 25.1 Å². The summed E-state index contributed by atoms with van der Waals surface area (Å²) in [4.78, 5) is 3.48. The molecule has 0 fully saturated rings. The Morgan fingerprint density at radius 2 is 2.14 bits per heavy atom. The Morgan fingerprint density at radius 3 is 2.50 bits per heavy atom. The molecule has 0 bridgehead atoms. The van der Waals surface area contributed by atoms with E-state index in [4.69, 9.17) is 17.3 Å². The second kappa shape index (κ2) is 5.12. The molecule has 1 rings (SSSR count). The van der Waals surface area contributed by atoms with E-state index >= 15 is 0 Å². The zero-order chi connectivity index (χ0) is 10.7. The third-order valence-corrected chi connectivity index (χ3v) is 3.47. The summed E-state index contributed by atoms with van der Waals surface area (Å²) in [6.45, 7) is 2.03. The van der Waals surface area contributed by atoms with Gasteiger partial charge in [-0.05, 0) is 39.6 Å². The van der Waals surface area contributed by atoms with Crippen LogP contribution < -0.4 is 5.73 Å². The van der Waals surface area contributed by atoms with E-state index < -0.39 is 0 Å². The first kappa shape index (κ1) is 12.0. The minimum absolute atomic E-state index is 0.211. The fraction of sp³-hybridized carbons (Fsp3) is 0.600. The van der Waals surface area contributed by atoms with Crippen molar-refractivity contribution in [3.8, 4) is 0 Å². The molecular formula is C10H17ClN2S. The molecule has 0 amide bonds. The molecule has 14 heavy (non-hydrogen) atoms. The third-order valence-electron chi connectivity index (χ3n) is 2.14. The maximum atomic E-state index is 5.91. The Hall–Kier alpha value is -0.0900. The van der Waals surface area contributed by atoms with Gasteiger partial charge < -0.3 is 10.6 Å². The van der Waals surface area contributed by atoms with E-state index in [9.17, 15) is 0 Å². The Morgan fingerprint density at radius 1 is 1.50 bits per heavy atom. The molecule has 0 aliphatic heterocycles. The summed E-state index contributed by atoms with van der Waals surface area (Å²) in [6, 6.07) is 4.62. The molecule has 0 aliphatic carbocycles. The Labute approximate surface area is 94.7 Å². The highest BCUT2D eigenvalue weighted by Gasteiger charge is 2.17. The number of hydrogen-bond acceptors (Lipinski definition) is 3. The maximum absolute atomic E-state index is 5.91. The van der Waals surface area contributed by atoms with Crippen molar-refractivity contribution in [3.05, 3.63) is 21.3 Å². The molecule has 80 valence electrons. The summed E-state index contributed by atoms with van der Waals surface area (Å²) in [5.41, 5.74) is 5.82. The third kappa shape index (κ3) is 3.24. The first-order chi connectivity index (χ1) is 6.50. The van der Waals surface area contributed by atoms with Crippen molar-refractivity contribution in [2.45, 2.75) is 25.4 Å². The molecule has 0 spiro atoms. The zero-order valence-electron chi connectivity index (χ0n) is 8.83. The molecule has 2 atom stereocenters. The standard InChI is InChI=1S/C10H17ClN2S/c1-7(12)6-8(13(2)3)9-4-5-10(11)14-9/h4-5,7-8H,6,12H2,1-3H3. The summed E-state index contributed by atoms with van der Waals surface area (Å²) in [6.07, 6.45) is 0.962. The highest BCUT2D eigenvalue weighted by molar-refractivity contribution is 7.16. The lowest BCUT2D eigenvalue weighted by Gasteiger charge is -2.24. The zero-order valence-corrected chi connectivity index (χ0v) is 10.4. The van der Waals surface area contributed by atoms with Gasteiger partial charge in [-0.15, -0.1) is 11.3 Å². The normalized spacial score (nSPS) is 15.9. The van der Waals surface area contributed by atoms with Gasteiger partial charge in [-0.1, -0.05) is 11.6 Å². The van der Waals surface area contributed by atoms with Crippen LogP contribution in [-0.2, 0) is 0 Å². The molecule has 0 saturated carbocycles. The van der Waals surface area contributed by atoms with Crippen LogP contribution in [0, 0.1) is 0 Å². The van der Waals surface area contributed by atoms with Crippen LogP contribution in [0.5, 0.6) is 0 Å². The molecule has 0 aromatic carbocycles. The van der Waals surface area contributed by atoms with Crippen LogP contribution in [0.4, 0.5) is 0 Å². The second-order valence-electron chi connectivity index (χ2n) is 3.83. The van der Waals surface area contributed by atoms with Gasteiger partial charge in [-0.2, -0.15) is 0 Å². The van der Waals surface area contributed by atoms with Crippen LogP contribution >= 0.6 is 22.9 Å². The van der Waals surface area contributed by atoms with Gasteiger partial charge in [0, 0.05) is 17.0 Å². The fourth-order valence-electron chi connectivity index (χ4n) is 1.44. The average molecular weight is 233 g/mol. The van der Waals surface area contributed by atoms with Crippen LogP contribution in [0.1, 0.15) is 24.3 Å². The van der Waals surface area contributed by atoms with Crippen molar-refractivity contribution >= 4 is 22.9 Å². The van der Waals surface area contributed by atoms with Gasteiger partial charge in [0.15, 0.2) is 0 Å². The molecule has 0 saturated heterocycles. The summed E-state index contributed by atoms with van der Waals surface area (Å²) >= 11 is 7.55. The lowest BCUT2D eigenvalue weighted by Crippen LogP contribution is -2.26. The number of nitrogens with zero attached hydrogens (tertiary/aromatic N) is 1. The molecule has 2 nitrogen and oxygen atoms in total. The van der Waals surface area contributed by atoms with Gasteiger partial charge in [0.05, 0.1) is 4.34 Å². The van der Waals surface area contributed by atoms with Crippen molar-refractivity contribution in [3.63, 3.8) is 0 Å². The first-order valence-corrected chi connectivity index (χ1v) is 5.87. The molecule has 2 unspecified atom stereocenters. The van der Waals surface area contributed by atoms with Crippen molar-refractivity contribution in [1.82, 2.24) is 4.90 Å². The molecule has 4 heteroatoms. The Balaban J connectivity index is 2.77. The quantitative estimate of drug-likeness (QED) is 0.865. The summed E-state index contributed by atoms with van der Waals surface area (Å²) in [5.74, 6) is 0. The molecular weight excluding hydrogens is 216 g/mol. The SMILES string of the molecule is CC(N)CC(c1ccc(Cl)s1)N(C)C. The van der Waals surface area contributed by atoms with Crippen molar-refractivity contribution < 1.29 is 0 Å². The van der Waals surface area contributed by atoms with Crippen LogP contribution in [0.3, 0.4) is 0 Å². The topological polar surface area (TPSA) is 29.3 Å². The predicted octanol–water partition coefficient (Wildman–Crippen LogP) is 2.74. The maximum Gasteiger partial charge on any atom is 0.0931 e. The molecule has 1 heterocycles. The summed E-state index contributed by atoms with van der Waals surface area (Å²) in [7, 11) is 4.14. The van der Waals surface area contributed by atoms with Gasteiger partial charge in [-0.3, -0.25) is 0 Å². The van der Waals surface area contributed by atoms with E-state index in [0.717, 1.165) is 10.8 Å². The summed E-state index contributed by atoms with van der Waals surface area (Å²) < 4.78 is 0.844. The summed E-state index contributed by atoms with van der Waals surface area (Å²) in [5, 5.41) is 0. The number of thiophene rings is 1. The van der Waals surface area contributed by atoms with E-state index in [0.29, 0.717) is 6.04 Å². The van der Waals surface area contributed by atoms with E-state index in [1.807, 2.05) is 13.0 Å². The fourth-order valence-corrected chi connectivity index (χ4v) is 2.71. The lowest BCUT2D eigenvalue weighted by atomic mass is 10.1. The van der Waals surface area contributed by atoms with Gasteiger partial charge in [-0.25, -0.2) is 0 Å². The van der Waals surface area contributed by atoms with Gasteiger partial charge in [0.25, 0.3) is 0 Å². The van der Waals surface area contributed by atoms with Gasteiger partial charge in [0.2, 0.25) is 0 Å². The van der Waals surface area contributed by atoms with Crippen LogP contribution in [0.15, 0.2) is 12.1 Å². The molecule has 0 aliphatic rings. The van der Waals surface area contributed by atoms with E-state index in [-0.39, 0.29) is 6.04 Å². The van der Waals surface area contributed by atoms with Crippen molar-refractivity contribution in [2.24, 2.45) is 5.73 Å². The van der Waals surface area contributed by atoms with Crippen molar-refractivity contribution in [2.75, 3.05) is 14.1 Å². The number of nitrogens with two attached hydrogens (primary N) is 1. The number of hydrogen-bond donors (Lipinski definition) is 1. The largest absolute Gasteiger partial charge is 0.328 e. The van der Waals surface area contributed by atoms with Crippen LogP contribution in [0.2, 0.25) is 4.34 Å². The highest BCUT2D eigenvalue weighted by atomic mass is 35.5. The molecule has 1 aromatic rings. The lowest BCUT2D eigenvalue weighted by molar-refractivity contribution is 0.276. The number of rotatable bonds is 4. The minimum atomic E-state index is 0.211. The van der Waals surface area contributed by atoms with Gasteiger partial charge >= 0.3 is 0 Å². The predicted molar refractivity (Wildman–Crippen MR) is 64.0 cm³/mol. The van der Waals surface area contributed by atoms with Crippen LogP contribution in [-0.4, -0.2) is 25.0 Å². The highest BCUT2D eigenvalue weighted by Crippen LogP contribution is 2.31. The van der Waals surface area contributed by atoms with E-state index in [1.54, 1.807) is 11.3 Å². The molecule has 2 N–H and O–H groups in total. The first-order valence-electron chi connectivity index (χ1n) is 4.68. The monoisotopic (exact) mass is 232 g/mol. The Bertz CT molecular complexity index is 283. The van der Waals surface area contributed by atoms with Crippen molar-refractivity contribution in [1.29, 1.82) is 0 Å². The van der Waals surface area contributed by atoms with E-state index in [1.165, 1.54) is 4.88 Å².